The number of aromatic nitrogens is 2. The van der Waals surface area contributed by atoms with Gasteiger partial charge in [0.2, 0.25) is 6.33 Å². The summed E-state index contributed by atoms with van der Waals surface area (Å²) in [6.07, 6.45) is 36.8. The normalized spacial score (nSPS) is 23.0. The Morgan fingerprint density at radius 1 is 0.489 bits per heavy atom. The second-order valence-corrected chi connectivity index (χ2v) is 20.6. The van der Waals surface area contributed by atoms with Crippen molar-refractivity contribution in [1.82, 2.24) is 4.57 Å². The van der Waals surface area contributed by atoms with Crippen LogP contribution in [0.4, 0.5) is 0 Å². The van der Waals surface area contributed by atoms with Gasteiger partial charge in [0.1, 0.15) is 24.0 Å². The molecule has 0 spiro atoms. The van der Waals surface area contributed by atoms with Gasteiger partial charge in [-0.25, -0.2) is 9.13 Å². The molecule has 0 aliphatic heterocycles. The number of imidazole rings is 1. The van der Waals surface area contributed by atoms with Crippen molar-refractivity contribution >= 4 is 15.8 Å². The highest BCUT2D eigenvalue weighted by Gasteiger charge is 2.43. The topological polar surface area (TPSA) is 8.81 Å². The summed E-state index contributed by atoms with van der Waals surface area (Å²) >= 11 is 0. The Balaban J connectivity index is 1.31. The third-order valence-electron chi connectivity index (χ3n) is 12.0. The fourth-order valence-corrected chi connectivity index (χ4v) is 18.4. The Hall–Kier alpha value is -1.49. The Morgan fingerprint density at radius 3 is 1.33 bits per heavy atom. The van der Waals surface area contributed by atoms with Crippen molar-refractivity contribution in [3.63, 3.8) is 0 Å². The molecule has 2 atom stereocenters. The molecule has 0 amide bonds. The van der Waals surface area contributed by atoms with Crippen LogP contribution in [0, 0.1) is 0 Å². The molecule has 4 fully saturated rings. The maximum absolute atomic E-state index is 2.76. The fraction of sp³-hybridized carbons (Fsp3) is 0.634. The molecule has 3 aromatic rings. The van der Waals surface area contributed by atoms with Crippen LogP contribution in [0.5, 0.6) is 0 Å². The fourth-order valence-electron chi connectivity index (χ4n) is 9.83. The van der Waals surface area contributed by atoms with Crippen molar-refractivity contribution in [3.05, 3.63) is 90.5 Å². The Bertz CT molecular complexity index is 1130. The lowest BCUT2D eigenvalue weighted by Gasteiger charge is -2.42. The van der Waals surface area contributed by atoms with Gasteiger partial charge in [-0.15, -0.1) is 0 Å². The third-order valence-corrected chi connectivity index (χ3v) is 19.7. The SMILES string of the molecule is c1ccc([C@H](n2cc[n+]([C@H](c3ccccc3)P(C3CCCCC3)C3CCCCC3)c2)P(C2CCCCC2)C2CCCCC2)cc1. The average Bonchev–Trinajstić information content (AvgIpc) is 3.61. The summed E-state index contributed by atoms with van der Waals surface area (Å²) in [6.45, 7) is 0. The number of benzene rings is 2. The van der Waals surface area contributed by atoms with Crippen LogP contribution in [-0.2, 0) is 0 Å². The van der Waals surface area contributed by atoms with Crippen LogP contribution in [0.3, 0.4) is 0 Å². The van der Waals surface area contributed by atoms with Gasteiger partial charge in [-0.05, 0) is 89.8 Å². The number of nitrogens with zero attached hydrogens (tertiary/aromatic N) is 2. The summed E-state index contributed by atoms with van der Waals surface area (Å²) < 4.78 is 5.52. The van der Waals surface area contributed by atoms with Gasteiger partial charge in [-0.2, -0.15) is 0 Å². The summed E-state index contributed by atoms with van der Waals surface area (Å²) in [5, 5.41) is 0. The minimum absolute atomic E-state index is 0.158. The molecule has 1 heterocycles. The van der Waals surface area contributed by atoms with Gasteiger partial charge in [-0.1, -0.05) is 138 Å². The van der Waals surface area contributed by atoms with Gasteiger partial charge < -0.3 is 0 Å². The third kappa shape index (κ3) is 7.65. The first kappa shape index (κ1) is 32.1. The summed E-state index contributed by atoms with van der Waals surface area (Å²) in [5.41, 5.74) is 6.82. The quantitative estimate of drug-likeness (QED) is 0.154. The molecule has 0 saturated heterocycles. The first-order valence-electron chi connectivity index (χ1n) is 19.1. The minimum atomic E-state index is -0.158. The van der Waals surface area contributed by atoms with Crippen molar-refractivity contribution in [2.45, 2.75) is 163 Å². The smallest absolute Gasteiger partial charge is 0.226 e. The standard InChI is InChI=1S/C41H59N2P2/c1-7-19-34(20-8-1)40(44(36-23-11-3-12-24-36)37-25-13-4-14-26-37)42-31-32-43(33-42)41(35-21-9-2-10-22-35)45(38-27-15-5-16-28-38)39-29-17-6-18-30-39/h1-2,7-10,19-22,31-33,36-41H,3-6,11-18,23-30H2/q+1/t40-,41+. The van der Waals surface area contributed by atoms with E-state index in [2.05, 4.69) is 88.5 Å². The lowest BCUT2D eigenvalue weighted by atomic mass is 9.99. The van der Waals surface area contributed by atoms with E-state index >= 15 is 0 Å². The van der Waals surface area contributed by atoms with E-state index in [9.17, 15) is 0 Å². The highest BCUT2D eigenvalue weighted by Crippen LogP contribution is 2.66. The number of hydrogen-bond donors (Lipinski definition) is 0. The van der Waals surface area contributed by atoms with Gasteiger partial charge in [-0.3, -0.25) is 0 Å². The molecule has 4 aliphatic rings. The van der Waals surface area contributed by atoms with Crippen LogP contribution in [0.25, 0.3) is 0 Å². The maximum Gasteiger partial charge on any atom is 0.245 e. The highest BCUT2D eigenvalue weighted by molar-refractivity contribution is 7.59. The lowest BCUT2D eigenvalue weighted by Crippen LogP contribution is -2.41. The largest absolute Gasteiger partial charge is 0.245 e. The van der Waals surface area contributed by atoms with Crippen LogP contribution in [-0.4, -0.2) is 27.2 Å². The maximum atomic E-state index is 2.76. The number of hydrogen-bond acceptors (Lipinski definition) is 0. The second kappa shape index (κ2) is 16.1. The Kier molecular flexibility index (Phi) is 11.5. The first-order valence-corrected chi connectivity index (χ1v) is 22.2. The van der Waals surface area contributed by atoms with Crippen LogP contribution in [0.15, 0.2) is 79.4 Å². The summed E-state index contributed by atoms with van der Waals surface area (Å²) in [7, 11) is -0.316. The van der Waals surface area contributed by atoms with Crippen molar-refractivity contribution in [1.29, 1.82) is 0 Å². The van der Waals surface area contributed by atoms with Crippen LogP contribution in [0.1, 0.15) is 151 Å². The Labute approximate surface area is 277 Å². The first-order chi connectivity index (χ1) is 22.4. The zero-order valence-corrected chi connectivity index (χ0v) is 29.7. The molecule has 0 bridgehead atoms. The van der Waals surface area contributed by atoms with Gasteiger partial charge in [0.15, 0.2) is 0 Å². The number of rotatable bonds is 10. The van der Waals surface area contributed by atoms with Crippen molar-refractivity contribution in [3.8, 4) is 0 Å². The predicted octanol–water partition coefficient (Wildman–Crippen LogP) is 12.2. The van der Waals surface area contributed by atoms with Gasteiger partial charge >= 0.3 is 0 Å². The van der Waals surface area contributed by atoms with Crippen molar-refractivity contribution < 1.29 is 4.57 Å². The van der Waals surface area contributed by atoms with Crippen LogP contribution >= 0.6 is 15.8 Å². The summed E-state index contributed by atoms with van der Waals surface area (Å²) in [6, 6.07) is 23.6. The predicted molar refractivity (Wildman–Crippen MR) is 195 cm³/mol. The zero-order chi connectivity index (χ0) is 30.3. The second-order valence-electron chi connectivity index (χ2n) is 14.9. The molecule has 242 valence electrons. The van der Waals surface area contributed by atoms with E-state index in [4.69, 9.17) is 0 Å². The van der Waals surface area contributed by atoms with E-state index in [1.807, 2.05) is 0 Å². The summed E-state index contributed by atoms with van der Waals surface area (Å²) in [4.78, 5) is 0. The molecule has 4 saturated carbocycles. The zero-order valence-electron chi connectivity index (χ0n) is 27.9. The molecule has 0 unspecified atom stereocenters. The molecule has 4 heteroatoms. The monoisotopic (exact) mass is 641 g/mol. The molecule has 7 rings (SSSR count). The van der Waals surface area contributed by atoms with E-state index in [1.165, 1.54) is 128 Å². The molecular formula is C41H59N2P2+. The van der Waals surface area contributed by atoms with Gasteiger partial charge in [0, 0.05) is 11.1 Å². The van der Waals surface area contributed by atoms with Gasteiger partial charge in [0.05, 0.1) is 0 Å². The van der Waals surface area contributed by atoms with E-state index in [-0.39, 0.29) is 15.8 Å². The molecule has 2 aromatic carbocycles. The van der Waals surface area contributed by atoms with E-state index in [0.29, 0.717) is 11.6 Å². The molecule has 4 aliphatic carbocycles. The highest BCUT2D eigenvalue weighted by atomic mass is 31.1. The Morgan fingerprint density at radius 2 is 0.889 bits per heavy atom. The van der Waals surface area contributed by atoms with Crippen molar-refractivity contribution in [2.24, 2.45) is 0 Å². The van der Waals surface area contributed by atoms with E-state index in [1.54, 1.807) is 11.1 Å². The molecular weight excluding hydrogens is 582 g/mol. The molecule has 45 heavy (non-hydrogen) atoms. The minimum Gasteiger partial charge on any atom is -0.226 e. The van der Waals surface area contributed by atoms with Crippen LogP contribution in [0.2, 0.25) is 0 Å². The molecule has 1 aromatic heterocycles. The van der Waals surface area contributed by atoms with Crippen molar-refractivity contribution in [2.75, 3.05) is 0 Å². The van der Waals surface area contributed by atoms with E-state index < -0.39 is 0 Å². The van der Waals surface area contributed by atoms with E-state index in [0.717, 1.165) is 22.6 Å². The van der Waals surface area contributed by atoms with Crippen LogP contribution < -0.4 is 4.57 Å². The van der Waals surface area contributed by atoms with Gasteiger partial charge in [0.25, 0.3) is 0 Å². The molecule has 0 N–H and O–H groups in total. The average molecular weight is 642 g/mol. The molecule has 2 nitrogen and oxygen atoms in total. The molecule has 0 radical (unpaired) electrons. The summed E-state index contributed by atoms with van der Waals surface area (Å²) in [5.74, 6) is 1.00. The lowest BCUT2D eigenvalue weighted by molar-refractivity contribution is -0.692.